The van der Waals surface area contributed by atoms with E-state index in [4.69, 9.17) is 18.9 Å². The third kappa shape index (κ3) is 9.65. The Morgan fingerprint density at radius 1 is 0.609 bits per heavy atom. The van der Waals surface area contributed by atoms with Crippen molar-refractivity contribution < 1.29 is 52.4 Å². The molecule has 0 aliphatic carbocycles. The van der Waals surface area contributed by atoms with Crippen LogP contribution in [0.3, 0.4) is 0 Å². The molecule has 0 aromatic heterocycles. The first kappa shape index (κ1) is 35.3. The lowest BCUT2D eigenvalue weighted by molar-refractivity contribution is -0.143. The predicted molar refractivity (Wildman–Crippen MR) is 167 cm³/mol. The van der Waals surface area contributed by atoms with Gasteiger partial charge in [0.15, 0.2) is 32.4 Å². The molecule has 0 saturated heterocycles. The number of esters is 3. The third-order valence-corrected chi connectivity index (χ3v) is 7.01. The summed E-state index contributed by atoms with van der Waals surface area (Å²) in [6.45, 7) is 5.18. The number of rotatable bonds is 15. The van der Waals surface area contributed by atoms with Crippen molar-refractivity contribution in [2.45, 2.75) is 39.0 Å². The fraction of sp³-hybridized carbons (Fsp3) is 0.343. The van der Waals surface area contributed by atoms with E-state index in [2.05, 4.69) is 30.2 Å². The zero-order chi connectivity index (χ0) is 33.9. The first-order chi connectivity index (χ1) is 21.9. The van der Waals surface area contributed by atoms with Crippen LogP contribution in [-0.2, 0) is 46.9 Å². The average molecular weight is 635 g/mol. The summed E-state index contributed by atoms with van der Waals surface area (Å²) < 4.78 is 31.0. The van der Waals surface area contributed by atoms with Gasteiger partial charge in [-0.3, -0.25) is 9.59 Å². The molecular formula is C35H38O11. The maximum Gasteiger partial charge on any atom is 0.343 e. The van der Waals surface area contributed by atoms with E-state index in [1.807, 2.05) is 12.1 Å². The standard InChI is InChI=1S/C35H38O11/c1-35(2,3)28-15-24(11-22-7-9-29(26(13-22)17-36)44-19-31(38)41-4)34(46-21-33(40)43-6)25(16-28)12-23-8-10-30(27(14-23)18-37)45-20-32(39)42-5/h7-10,13-18H,11-12,19-21H2,1-6H3. The van der Waals surface area contributed by atoms with Crippen LogP contribution in [0.4, 0.5) is 0 Å². The molecule has 11 nitrogen and oxygen atoms in total. The number of methoxy groups -OCH3 is 3. The van der Waals surface area contributed by atoms with Gasteiger partial charge in [-0.2, -0.15) is 0 Å². The molecule has 0 aliphatic heterocycles. The Labute approximate surface area is 267 Å². The molecule has 46 heavy (non-hydrogen) atoms. The second kappa shape index (κ2) is 16.2. The molecule has 0 saturated carbocycles. The highest BCUT2D eigenvalue weighted by Gasteiger charge is 2.22. The number of ether oxygens (including phenoxy) is 6. The second-order valence-electron chi connectivity index (χ2n) is 11.3. The van der Waals surface area contributed by atoms with E-state index in [0.717, 1.165) is 27.8 Å². The van der Waals surface area contributed by atoms with Crippen LogP contribution in [0.25, 0.3) is 0 Å². The lowest BCUT2D eigenvalue weighted by Crippen LogP contribution is -2.17. The van der Waals surface area contributed by atoms with E-state index in [0.29, 0.717) is 31.2 Å². The first-order valence-electron chi connectivity index (χ1n) is 14.3. The zero-order valence-electron chi connectivity index (χ0n) is 26.8. The maximum absolute atomic E-state index is 12.1. The van der Waals surface area contributed by atoms with Crippen molar-refractivity contribution in [3.8, 4) is 17.2 Å². The molecule has 0 unspecified atom stereocenters. The lowest BCUT2D eigenvalue weighted by atomic mass is 9.83. The van der Waals surface area contributed by atoms with Crippen molar-refractivity contribution in [3.63, 3.8) is 0 Å². The second-order valence-corrected chi connectivity index (χ2v) is 11.3. The Hall–Kier alpha value is -5.19. The average Bonchev–Trinajstić information content (AvgIpc) is 3.05. The molecule has 3 aromatic rings. The van der Waals surface area contributed by atoms with Crippen molar-refractivity contribution in [3.05, 3.63) is 87.5 Å². The van der Waals surface area contributed by atoms with E-state index >= 15 is 0 Å². The van der Waals surface area contributed by atoms with Gasteiger partial charge in [-0.1, -0.05) is 45.0 Å². The van der Waals surface area contributed by atoms with Gasteiger partial charge < -0.3 is 28.4 Å². The smallest absolute Gasteiger partial charge is 0.343 e. The molecule has 0 aliphatic rings. The summed E-state index contributed by atoms with van der Waals surface area (Å²) in [4.78, 5) is 59.0. The Kier molecular flexibility index (Phi) is 12.4. The van der Waals surface area contributed by atoms with Crippen LogP contribution in [0.1, 0.15) is 69.3 Å². The molecule has 11 heteroatoms. The summed E-state index contributed by atoms with van der Waals surface area (Å²) in [6, 6.07) is 14.1. The summed E-state index contributed by atoms with van der Waals surface area (Å²) in [5.41, 5.74) is 4.22. The Morgan fingerprint density at radius 3 is 1.35 bits per heavy atom. The van der Waals surface area contributed by atoms with E-state index in [1.54, 1.807) is 36.4 Å². The topological polar surface area (TPSA) is 141 Å². The monoisotopic (exact) mass is 634 g/mol. The summed E-state index contributed by atoms with van der Waals surface area (Å²) in [5, 5.41) is 0. The molecule has 0 amide bonds. The van der Waals surface area contributed by atoms with Crippen LogP contribution in [0.15, 0.2) is 48.5 Å². The maximum atomic E-state index is 12.1. The molecule has 0 radical (unpaired) electrons. The van der Waals surface area contributed by atoms with Gasteiger partial charge in [-0.25, -0.2) is 14.4 Å². The van der Waals surface area contributed by atoms with Gasteiger partial charge in [-0.15, -0.1) is 0 Å². The van der Waals surface area contributed by atoms with Crippen molar-refractivity contribution in [2.24, 2.45) is 0 Å². The quantitative estimate of drug-likeness (QED) is 0.133. The molecular weight excluding hydrogens is 596 g/mol. The number of carbonyl (C=O) groups excluding carboxylic acids is 5. The van der Waals surface area contributed by atoms with Crippen molar-refractivity contribution >= 4 is 30.5 Å². The minimum Gasteiger partial charge on any atom is -0.481 e. The minimum absolute atomic E-state index is 0.237. The van der Waals surface area contributed by atoms with E-state index in [1.165, 1.54) is 21.3 Å². The highest BCUT2D eigenvalue weighted by atomic mass is 16.6. The van der Waals surface area contributed by atoms with Gasteiger partial charge in [0.25, 0.3) is 0 Å². The van der Waals surface area contributed by atoms with Crippen LogP contribution < -0.4 is 14.2 Å². The number of benzene rings is 3. The van der Waals surface area contributed by atoms with Gasteiger partial charge in [0, 0.05) is 12.8 Å². The van der Waals surface area contributed by atoms with Crippen molar-refractivity contribution in [1.82, 2.24) is 0 Å². The summed E-state index contributed by atoms with van der Waals surface area (Å²) in [5.74, 6) is -0.800. The largest absolute Gasteiger partial charge is 0.481 e. The van der Waals surface area contributed by atoms with Gasteiger partial charge in [-0.05, 0) is 57.5 Å². The summed E-state index contributed by atoms with van der Waals surface area (Å²) >= 11 is 0. The van der Waals surface area contributed by atoms with Crippen LogP contribution in [0.5, 0.6) is 17.2 Å². The highest BCUT2D eigenvalue weighted by molar-refractivity contribution is 5.81. The normalized spacial score (nSPS) is 10.8. The molecule has 3 rings (SSSR count). The SMILES string of the molecule is COC(=O)COc1ccc(Cc2cc(C(C)(C)C)cc(Cc3ccc(OCC(=O)OC)c(C=O)c3)c2OCC(=O)OC)cc1C=O. The third-order valence-electron chi connectivity index (χ3n) is 7.01. The molecule has 0 bridgehead atoms. The molecule has 0 fully saturated rings. The number of carbonyl (C=O) groups is 5. The van der Waals surface area contributed by atoms with Gasteiger partial charge in [0.2, 0.25) is 0 Å². The van der Waals surface area contributed by atoms with E-state index < -0.39 is 17.9 Å². The van der Waals surface area contributed by atoms with Crippen molar-refractivity contribution in [1.29, 1.82) is 0 Å². The fourth-order valence-corrected chi connectivity index (χ4v) is 4.52. The van der Waals surface area contributed by atoms with E-state index in [9.17, 15) is 24.0 Å². The van der Waals surface area contributed by atoms with Crippen LogP contribution in [0.2, 0.25) is 0 Å². The van der Waals surface area contributed by atoms with Gasteiger partial charge >= 0.3 is 17.9 Å². The summed E-state index contributed by atoms with van der Waals surface area (Å²) in [6.07, 6.45) is 1.94. The Morgan fingerprint density at radius 2 is 1.00 bits per heavy atom. The van der Waals surface area contributed by atoms with Gasteiger partial charge in [0.1, 0.15) is 17.2 Å². The Bertz CT molecular complexity index is 1490. The van der Waals surface area contributed by atoms with Crippen LogP contribution in [0, 0.1) is 0 Å². The van der Waals surface area contributed by atoms with Crippen LogP contribution in [-0.4, -0.2) is 71.6 Å². The highest BCUT2D eigenvalue weighted by Crippen LogP contribution is 2.36. The Balaban J connectivity index is 2.08. The van der Waals surface area contributed by atoms with E-state index in [-0.39, 0.29) is 47.9 Å². The molecule has 0 heterocycles. The lowest BCUT2D eigenvalue weighted by Gasteiger charge is -2.24. The van der Waals surface area contributed by atoms with Crippen molar-refractivity contribution in [2.75, 3.05) is 41.2 Å². The zero-order valence-corrected chi connectivity index (χ0v) is 26.8. The number of aldehydes is 2. The molecule has 0 N–H and O–H groups in total. The number of hydrogen-bond donors (Lipinski definition) is 0. The number of hydrogen-bond acceptors (Lipinski definition) is 11. The minimum atomic E-state index is -0.580. The fourth-order valence-electron chi connectivity index (χ4n) is 4.52. The van der Waals surface area contributed by atoms with Crippen LogP contribution >= 0.6 is 0 Å². The molecule has 244 valence electrons. The first-order valence-corrected chi connectivity index (χ1v) is 14.3. The predicted octanol–water partition coefficient (Wildman–Crippen LogP) is 4.45. The molecule has 0 atom stereocenters. The molecule has 0 spiro atoms. The molecule has 3 aromatic carbocycles. The van der Waals surface area contributed by atoms with Gasteiger partial charge in [0.05, 0.1) is 32.5 Å². The summed E-state index contributed by atoms with van der Waals surface area (Å²) in [7, 11) is 3.76.